The molecular weight excluding hydrogens is 337 g/mol. The maximum atomic E-state index is 12.9. The number of hydrogen-bond acceptors (Lipinski definition) is 6. The summed E-state index contributed by atoms with van der Waals surface area (Å²) in [6, 6.07) is 0.254. The molecule has 10 heteroatoms. The molecule has 0 atom stereocenters. The summed E-state index contributed by atoms with van der Waals surface area (Å²) in [5, 5.41) is 9.87. The van der Waals surface area contributed by atoms with Crippen LogP contribution in [0.25, 0.3) is 0 Å². The summed E-state index contributed by atoms with van der Waals surface area (Å²) in [7, 11) is 1.38. The second-order valence-corrected chi connectivity index (χ2v) is 5.78. The Labute approximate surface area is 142 Å². The average molecular weight is 356 g/mol. The summed E-state index contributed by atoms with van der Waals surface area (Å²) < 4.78 is 45.9. The fraction of sp³-hybridized carbons (Fsp3) is 0.533. The largest absolute Gasteiger partial charge is 0.421 e. The Bertz CT molecular complexity index is 739. The minimum absolute atomic E-state index is 0.0759. The van der Waals surface area contributed by atoms with Crippen molar-refractivity contribution in [2.45, 2.75) is 32.0 Å². The quantitative estimate of drug-likeness (QED) is 0.876. The first-order valence-corrected chi connectivity index (χ1v) is 7.91. The molecule has 0 spiro atoms. The smallest absolute Gasteiger partial charge is 0.381 e. The van der Waals surface area contributed by atoms with E-state index in [-0.39, 0.29) is 17.8 Å². The molecule has 136 valence electrons. The van der Waals surface area contributed by atoms with E-state index in [4.69, 9.17) is 4.74 Å². The van der Waals surface area contributed by atoms with E-state index in [1.807, 2.05) is 17.8 Å². The summed E-state index contributed by atoms with van der Waals surface area (Å²) >= 11 is 0. The summed E-state index contributed by atoms with van der Waals surface area (Å²) in [6.45, 7) is 3.21. The van der Waals surface area contributed by atoms with Crippen LogP contribution in [0.4, 0.5) is 30.6 Å². The molecule has 0 amide bonds. The number of aryl methyl sites for hydroxylation is 1. The Hall–Kier alpha value is -2.36. The number of hydrogen-bond donors (Lipinski definition) is 2. The Kier molecular flexibility index (Phi) is 4.80. The number of alkyl halides is 3. The Balaban J connectivity index is 1.81. The molecule has 0 aliphatic carbocycles. The first-order valence-electron chi connectivity index (χ1n) is 7.91. The van der Waals surface area contributed by atoms with E-state index in [1.165, 1.54) is 7.05 Å². The zero-order chi connectivity index (χ0) is 18.0. The lowest BCUT2D eigenvalue weighted by Crippen LogP contribution is -2.19. The van der Waals surface area contributed by atoms with Gasteiger partial charge < -0.3 is 15.4 Å². The number of nitrogens with zero attached hydrogens (tertiary/aromatic N) is 4. The van der Waals surface area contributed by atoms with Crippen molar-refractivity contribution >= 4 is 17.5 Å². The van der Waals surface area contributed by atoms with Gasteiger partial charge in [-0.25, -0.2) is 4.98 Å². The SMILES string of the molecule is CNc1nc(Nc2cn(C3CCOCC3)nc2C)ncc1C(F)(F)F. The second kappa shape index (κ2) is 6.87. The Morgan fingerprint density at radius 3 is 2.64 bits per heavy atom. The van der Waals surface area contributed by atoms with Crippen LogP contribution in [0.2, 0.25) is 0 Å². The van der Waals surface area contributed by atoms with E-state index < -0.39 is 11.7 Å². The zero-order valence-electron chi connectivity index (χ0n) is 13.9. The highest BCUT2D eigenvalue weighted by Gasteiger charge is 2.35. The predicted octanol–water partition coefficient (Wildman–Crippen LogP) is 3.14. The molecule has 2 aromatic heterocycles. The molecule has 0 saturated carbocycles. The van der Waals surface area contributed by atoms with Crippen molar-refractivity contribution in [3.05, 3.63) is 23.7 Å². The lowest BCUT2D eigenvalue weighted by Gasteiger charge is -2.22. The van der Waals surface area contributed by atoms with Gasteiger partial charge in [0, 0.05) is 32.7 Å². The first kappa shape index (κ1) is 17.5. The highest BCUT2D eigenvalue weighted by molar-refractivity contribution is 5.57. The fourth-order valence-corrected chi connectivity index (χ4v) is 2.70. The third-order valence-corrected chi connectivity index (χ3v) is 4.06. The van der Waals surface area contributed by atoms with Gasteiger partial charge in [0.15, 0.2) is 0 Å². The topological polar surface area (TPSA) is 76.9 Å². The summed E-state index contributed by atoms with van der Waals surface area (Å²) in [5.41, 5.74) is 0.476. The summed E-state index contributed by atoms with van der Waals surface area (Å²) in [4.78, 5) is 7.68. The highest BCUT2D eigenvalue weighted by atomic mass is 19.4. The predicted molar refractivity (Wildman–Crippen MR) is 85.9 cm³/mol. The lowest BCUT2D eigenvalue weighted by atomic mass is 10.1. The zero-order valence-corrected chi connectivity index (χ0v) is 13.9. The van der Waals surface area contributed by atoms with Crippen LogP contribution in [-0.2, 0) is 10.9 Å². The van der Waals surface area contributed by atoms with E-state index in [9.17, 15) is 13.2 Å². The molecule has 2 N–H and O–H groups in total. The van der Waals surface area contributed by atoms with Gasteiger partial charge in [-0.3, -0.25) is 4.68 Å². The van der Waals surface area contributed by atoms with Crippen molar-refractivity contribution < 1.29 is 17.9 Å². The molecule has 1 aliphatic rings. The van der Waals surface area contributed by atoms with Gasteiger partial charge in [0.25, 0.3) is 0 Å². The Morgan fingerprint density at radius 2 is 2.00 bits per heavy atom. The third kappa shape index (κ3) is 3.84. The molecule has 7 nitrogen and oxygen atoms in total. The van der Waals surface area contributed by atoms with Crippen LogP contribution in [0.5, 0.6) is 0 Å². The van der Waals surface area contributed by atoms with Crippen molar-refractivity contribution in [3.8, 4) is 0 Å². The first-order chi connectivity index (χ1) is 11.9. The molecule has 1 fully saturated rings. The Morgan fingerprint density at radius 1 is 1.28 bits per heavy atom. The van der Waals surface area contributed by atoms with E-state index in [0.717, 1.165) is 24.7 Å². The van der Waals surface area contributed by atoms with Gasteiger partial charge in [0.1, 0.15) is 11.4 Å². The maximum Gasteiger partial charge on any atom is 0.421 e. The minimum Gasteiger partial charge on any atom is -0.381 e. The van der Waals surface area contributed by atoms with Gasteiger partial charge in [-0.15, -0.1) is 0 Å². The molecule has 3 heterocycles. The van der Waals surface area contributed by atoms with Crippen LogP contribution >= 0.6 is 0 Å². The van der Waals surface area contributed by atoms with Gasteiger partial charge in [-0.05, 0) is 19.8 Å². The summed E-state index contributed by atoms with van der Waals surface area (Å²) in [6.07, 6.45) is -0.173. The van der Waals surface area contributed by atoms with Crippen LogP contribution in [0.15, 0.2) is 12.4 Å². The van der Waals surface area contributed by atoms with Crippen molar-refractivity contribution in [1.82, 2.24) is 19.7 Å². The molecule has 1 aliphatic heterocycles. The van der Waals surface area contributed by atoms with Crippen LogP contribution in [0.3, 0.4) is 0 Å². The minimum atomic E-state index is -4.51. The van der Waals surface area contributed by atoms with Gasteiger partial charge in [-0.2, -0.15) is 23.3 Å². The fourth-order valence-electron chi connectivity index (χ4n) is 2.70. The molecule has 0 bridgehead atoms. The second-order valence-electron chi connectivity index (χ2n) is 5.78. The average Bonchev–Trinajstić information content (AvgIpc) is 2.95. The normalized spacial score (nSPS) is 16.0. The van der Waals surface area contributed by atoms with Crippen LogP contribution in [0, 0.1) is 6.92 Å². The molecule has 0 unspecified atom stereocenters. The number of anilines is 3. The van der Waals surface area contributed by atoms with Gasteiger partial charge in [-0.1, -0.05) is 0 Å². The molecule has 3 rings (SSSR count). The van der Waals surface area contributed by atoms with Crippen LogP contribution in [0.1, 0.15) is 30.1 Å². The van der Waals surface area contributed by atoms with Crippen LogP contribution in [-0.4, -0.2) is 40.0 Å². The number of halogens is 3. The van der Waals surface area contributed by atoms with E-state index in [1.54, 1.807) is 0 Å². The summed E-state index contributed by atoms with van der Waals surface area (Å²) in [5.74, 6) is -0.202. The molecule has 1 saturated heterocycles. The number of nitrogens with one attached hydrogen (secondary N) is 2. The van der Waals surface area contributed by atoms with E-state index in [2.05, 4.69) is 25.7 Å². The monoisotopic (exact) mass is 356 g/mol. The van der Waals surface area contributed by atoms with Crippen molar-refractivity contribution in [3.63, 3.8) is 0 Å². The molecule has 0 radical (unpaired) electrons. The van der Waals surface area contributed by atoms with Crippen LogP contribution < -0.4 is 10.6 Å². The molecule has 0 aromatic carbocycles. The maximum absolute atomic E-state index is 12.9. The number of ether oxygens (including phenoxy) is 1. The van der Waals surface area contributed by atoms with Crippen molar-refractivity contribution in [1.29, 1.82) is 0 Å². The number of aromatic nitrogens is 4. The van der Waals surface area contributed by atoms with Crippen molar-refractivity contribution in [2.24, 2.45) is 0 Å². The van der Waals surface area contributed by atoms with Crippen molar-refractivity contribution in [2.75, 3.05) is 30.9 Å². The third-order valence-electron chi connectivity index (χ3n) is 4.06. The molecular formula is C15H19F3N6O. The highest BCUT2D eigenvalue weighted by Crippen LogP contribution is 2.34. The van der Waals surface area contributed by atoms with Gasteiger partial charge in [0.05, 0.1) is 17.4 Å². The van der Waals surface area contributed by atoms with Gasteiger partial charge >= 0.3 is 6.18 Å². The van der Waals surface area contributed by atoms with Gasteiger partial charge in [0.2, 0.25) is 5.95 Å². The molecule has 25 heavy (non-hydrogen) atoms. The van der Waals surface area contributed by atoms with E-state index >= 15 is 0 Å². The van der Waals surface area contributed by atoms with E-state index in [0.29, 0.717) is 18.9 Å². The standard InChI is InChI=1S/C15H19F3N6O/c1-9-12(8-24(23-9)10-3-5-25-6-4-10)21-14-20-7-11(15(16,17)18)13(19-2)22-14/h7-8,10H,3-6H2,1-2H3,(H2,19,20,21,22). The number of rotatable bonds is 4. The lowest BCUT2D eigenvalue weighted by molar-refractivity contribution is -0.137. The molecule has 2 aromatic rings.